The van der Waals surface area contributed by atoms with Crippen LogP contribution in [0.25, 0.3) is 0 Å². The summed E-state index contributed by atoms with van der Waals surface area (Å²) in [5.41, 5.74) is 1.06. The second-order valence-electron chi connectivity index (χ2n) is 7.44. The molecule has 0 aromatic heterocycles. The van der Waals surface area contributed by atoms with Crippen molar-refractivity contribution in [1.29, 1.82) is 0 Å². The first kappa shape index (κ1) is 26.5. The van der Waals surface area contributed by atoms with Crippen molar-refractivity contribution in [2.75, 3.05) is 30.8 Å². The second kappa shape index (κ2) is 11.9. The first-order chi connectivity index (χ1) is 15.6. The number of carbonyl (C=O) groups excluding carboxylic acids is 2. The molecule has 0 heterocycles. The van der Waals surface area contributed by atoms with E-state index < -0.39 is 28.5 Å². The van der Waals surface area contributed by atoms with Gasteiger partial charge in [-0.05, 0) is 55.3 Å². The number of carbonyl (C=O) groups is 2. The van der Waals surface area contributed by atoms with E-state index in [4.69, 9.17) is 16.3 Å². The standard InChI is InChI=1S/C23H30ClN3O5S/c1-5-21(23(29)25-6-2)26(15-17-8-7-9-20(14-17)32-3)22(28)16-27(33(4,30)31)19-12-10-18(24)11-13-19/h7-14,21H,5-6,15-16H2,1-4H3,(H,25,29)/t21-/m0/s1. The highest BCUT2D eigenvalue weighted by Crippen LogP contribution is 2.22. The van der Waals surface area contributed by atoms with Crippen LogP contribution in [0.3, 0.4) is 0 Å². The molecule has 2 rings (SSSR count). The number of nitrogens with one attached hydrogen (secondary N) is 1. The Balaban J connectivity index is 2.43. The number of hydrogen-bond acceptors (Lipinski definition) is 5. The number of methoxy groups -OCH3 is 1. The van der Waals surface area contributed by atoms with Crippen LogP contribution in [0.4, 0.5) is 5.69 Å². The summed E-state index contributed by atoms with van der Waals surface area (Å²) < 4.78 is 31.3. The zero-order valence-electron chi connectivity index (χ0n) is 19.2. The molecule has 1 N–H and O–H groups in total. The van der Waals surface area contributed by atoms with Crippen LogP contribution in [-0.4, -0.2) is 57.6 Å². The predicted molar refractivity (Wildman–Crippen MR) is 130 cm³/mol. The van der Waals surface area contributed by atoms with Gasteiger partial charge in [0.15, 0.2) is 0 Å². The third-order valence-electron chi connectivity index (χ3n) is 5.02. The fourth-order valence-electron chi connectivity index (χ4n) is 3.40. The maximum absolute atomic E-state index is 13.5. The van der Waals surface area contributed by atoms with E-state index in [0.29, 0.717) is 29.4 Å². The van der Waals surface area contributed by atoms with Gasteiger partial charge in [-0.3, -0.25) is 13.9 Å². The summed E-state index contributed by atoms with van der Waals surface area (Å²) in [5, 5.41) is 3.20. The zero-order chi connectivity index (χ0) is 24.6. The van der Waals surface area contributed by atoms with Crippen LogP contribution in [0, 0.1) is 0 Å². The summed E-state index contributed by atoms with van der Waals surface area (Å²) >= 11 is 5.93. The van der Waals surface area contributed by atoms with Crippen LogP contribution >= 0.6 is 11.6 Å². The quantitative estimate of drug-likeness (QED) is 0.517. The number of likely N-dealkylation sites (N-methyl/N-ethyl adjacent to an activating group) is 1. The number of hydrogen-bond donors (Lipinski definition) is 1. The van der Waals surface area contributed by atoms with Gasteiger partial charge in [0.25, 0.3) is 0 Å². The minimum atomic E-state index is -3.78. The minimum Gasteiger partial charge on any atom is -0.497 e. The fourth-order valence-corrected chi connectivity index (χ4v) is 4.38. The molecule has 8 nitrogen and oxygen atoms in total. The molecular weight excluding hydrogens is 466 g/mol. The molecule has 0 aliphatic carbocycles. The number of benzene rings is 2. The van der Waals surface area contributed by atoms with E-state index in [0.717, 1.165) is 16.1 Å². The molecule has 1 atom stereocenters. The van der Waals surface area contributed by atoms with Crippen molar-refractivity contribution in [2.45, 2.75) is 32.9 Å². The Labute approximate surface area is 200 Å². The first-order valence-corrected chi connectivity index (χ1v) is 12.8. The van der Waals surface area contributed by atoms with Crippen molar-refractivity contribution in [2.24, 2.45) is 0 Å². The number of anilines is 1. The summed E-state index contributed by atoms with van der Waals surface area (Å²) in [6, 6.07) is 12.6. The smallest absolute Gasteiger partial charge is 0.244 e. The average molecular weight is 496 g/mol. The summed E-state index contributed by atoms with van der Waals surface area (Å²) in [6.07, 6.45) is 1.39. The summed E-state index contributed by atoms with van der Waals surface area (Å²) in [7, 11) is -2.24. The molecule has 10 heteroatoms. The molecule has 0 saturated heterocycles. The number of rotatable bonds is 11. The molecule has 0 unspecified atom stereocenters. The van der Waals surface area contributed by atoms with Crippen molar-refractivity contribution in [3.63, 3.8) is 0 Å². The number of sulfonamides is 1. The minimum absolute atomic E-state index is 0.115. The lowest BCUT2D eigenvalue weighted by molar-refractivity contribution is -0.140. The summed E-state index contributed by atoms with van der Waals surface area (Å²) in [4.78, 5) is 27.6. The molecular formula is C23H30ClN3O5S. The largest absolute Gasteiger partial charge is 0.497 e. The van der Waals surface area contributed by atoms with Crippen molar-refractivity contribution < 1.29 is 22.7 Å². The fraction of sp³-hybridized carbons (Fsp3) is 0.391. The molecule has 2 amide bonds. The van der Waals surface area contributed by atoms with Crippen LogP contribution < -0.4 is 14.4 Å². The van der Waals surface area contributed by atoms with Crippen LogP contribution in [0.5, 0.6) is 5.75 Å². The third kappa shape index (κ3) is 7.36. The lowest BCUT2D eigenvalue weighted by Gasteiger charge is -2.32. The van der Waals surface area contributed by atoms with Crippen LogP contribution in [-0.2, 0) is 26.2 Å². The second-order valence-corrected chi connectivity index (χ2v) is 9.78. The molecule has 0 bridgehead atoms. The lowest BCUT2D eigenvalue weighted by Crippen LogP contribution is -2.52. The molecule has 33 heavy (non-hydrogen) atoms. The topological polar surface area (TPSA) is 96.0 Å². The van der Waals surface area contributed by atoms with Crippen molar-refractivity contribution in [1.82, 2.24) is 10.2 Å². The van der Waals surface area contributed by atoms with Gasteiger partial charge in [-0.15, -0.1) is 0 Å². The van der Waals surface area contributed by atoms with Gasteiger partial charge >= 0.3 is 0 Å². The Hall–Kier alpha value is -2.78. The van der Waals surface area contributed by atoms with E-state index in [1.165, 1.54) is 17.0 Å². The van der Waals surface area contributed by atoms with Gasteiger partial charge in [0.1, 0.15) is 18.3 Å². The van der Waals surface area contributed by atoms with E-state index in [9.17, 15) is 18.0 Å². The van der Waals surface area contributed by atoms with Crippen molar-refractivity contribution in [3.05, 3.63) is 59.1 Å². The average Bonchev–Trinajstić information content (AvgIpc) is 2.77. The number of nitrogens with zero attached hydrogens (tertiary/aromatic N) is 2. The molecule has 0 aliphatic rings. The van der Waals surface area contributed by atoms with Gasteiger partial charge in [0, 0.05) is 18.1 Å². The van der Waals surface area contributed by atoms with E-state index in [2.05, 4.69) is 5.32 Å². The van der Waals surface area contributed by atoms with E-state index in [-0.39, 0.29) is 12.5 Å². The molecule has 180 valence electrons. The maximum atomic E-state index is 13.5. The molecule has 2 aromatic rings. The number of amides is 2. The van der Waals surface area contributed by atoms with E-state index >= 15 is 0 Å². The molecule has 0 saturated carbocycles. The molecule has 0 radical (unpaired) electrons. The Kier molecular flexibility index (Phi) is 9.55. The van der Waals surface area contributed by atoms with Crippen LogP contribution in [0.2, 0.25) is 5.02 Å². The van der Waals surface area contributed by atoms with Crippen LogP contribution in [0.1, 0.15) is 25.8 Å². The normalized spacial score (nSPS) is 12.0. The molecule has 0 spiro atoms. The van der Waals surface area contributed by atoms with Gasteiger partial charge < -0.3 is 15.0 Å². The summed E-state index contributed by atoms with van der Waals surface area (Å²) in [5.74, 6) is -0.185. The first-order valence-electron chi connectivity index (χ1n) is 10.5. The van der Waals surface area contributed by atoms with E-state index in [1.54, 1.807) is 51.3 Å². The SMILES string of the molecule is CCNC(=O)[C@H](CC)N(Cc1cccc(OC)c1)C(=O)CN(c1ccc(Cl)cc1)S(C)(=O)=O. The highest BCUT2D eigenvalue weighted by molar-refractivity contribution is 7.92. The molecule has 2 aromatic carbocycles. The third-order valence-corrected chi connectivity index (χ3v) is 6.41. The van der Waals surface area contributed by atoms with Gasteiger partial charge in [-0.1, -0.05) is 30.7 Å². The maximum Gasteiger partial charge on any atom is 0.244 e. The number of ether oxygens (including phenoxy) is 1. The lowest BCUT2D eigenvalue weighted by atomic mass is 10.1. The Bertz CT molecular complexity index is 1060. The highest BCUT2D eigenvalue weighted by atomic mass is 35.5. The van der Waals surface area contributed by atoms with Gasteiger partial charge in [0.2, 0.25) is 21.8 Å². The monoisotopic (exact) mass is 495 g/mol. The van der Waals surface area contributed by atoms with Crippen molar-refractivity contribution in [3.8, 4) is 5.75 Å². The molecule has 0 fully saturated rings. The summed E-state index contributed by atoms with van der Waals surface area (Å²) in [6.45, 7) is 3.67. The number of halogens is 1. The molecule has 0 aliphatic heterocycles. The van der Waals surface area contributed by atoms with Crippen molar-refractivity contribution >= 4 is 39.1 Å². The van der Waals surface area contributed by atoms with Gasteiger partial charge in [-0.25, -0.2) is 8.42 Å². The Morgan fingerprint density at radius 3 is 2.33 bits per heavy atom. The Morgan fingerprint density at radius 1 is 1.12 bits per heavy atom. The van der Waals surface area contributed by atoms with E-state index in [1.807, 2.05) is 6.07 Å². The van der Waals surface area contributed by atoms with Gasteiger partial charge in [-0.2, -0.15) is 0 Å². The highest BCUT2D eigenvalue weighted by Gasteiger charge is 2.31. The zero-order valence-corrected chi connectivity index (χ0v) is 20.8. The Morgan fingerprint density at radius 2 is 1.79 bits per heavy atom. The van der Waals surface area contributed by atoms with Gasteiger partial charge in [0.05, 0.1) is 19.1 Å². The predicted octanol–water partition coefficient (Wildman–Crippen LogP) is 3.06. The van der Waals surface area contributed by atoms with Crippen LogP contribution in [0.15, 0.2) is 48.5 Å².